The molecule has 0 aromatic heterocycles. The highest BCUT2D eigenvalue weighted by Gasteiger charge is 2.34. The number of carbonyl (C=O) groups excluding carboxylic acids is 3. The second kappa shape index (κ2) is 13.2. The molecule has 0 radical (unpaired) electrons. The minimum Gasteiger partial charge on any atom is -0.481 e. The number of amides is 3. The van der Waals surface area contributed by atoms with Crippen LogP contribution < -0.4 is 21.7 Å². The molecule has 0 rings (SSSR count). The summed E-state index contributed by atoms with van der Waals surface area (Å²) in [6.07, 6.45) is -2.89. The molecule has 6 atom stereocenters. The first-order chi connectivity index (χ1) is 14.7. The number of aliphatic hydroxyl groups excluding tert-OH is 1. The Morgan fingerprint density at radius 1 is 0.781 bits per heavy atom. The molecule has 0 bridgehead atoms. The summed E-state index contributed by atoms with van der Waals surface area (Å²) in [6.45, 7) is 4.51. The summed E-state index contributed by atoms with van der Waals surface area (Å²) >= 11 is 0. The maximum atomic E-state index is 12.6. The molecule has 0 spiro atoms. The number of hydrogen-bond acceptors (Lipinski definition) is 8. The van der Waals surface area contributed by atoms with Gasteiger partial charge in [-0.15, -0.1) is 0 Å². The van der Waals surface area contributed by atoms with Gasteiger partial charge in [0.05, 0.1) is 25.0 Å². The highest BCUT2D eigenvalue weighted by molar-refractivity contribution is 5.96. The monoisotopic (exact) mass is 462 g/mol. The maximum absolute atomic E-state index is 12.6. The lowest BCUT2D eigenvalue weighted by Gasteiger charge is -2.25. The van der Waals surface area contributed by atoms with E-state index in [9.17, 15) is 33.9 Å². The standard InChI is InChI=1S/C18H30N4O10/c1-4-7(2)13(19)17(30)21-9(5-11(24)25)15(28)20-10(6-12(26)27)16(29)22-14(8(3)23)18(31)32/h7-10,13-14,23H,4-6,19H2,1-3H3,(H,20,28)(H,21,30)(H,22,29)(H,24,25)(H,26,27)(H,31,32). The third-order valence-corrected chi connectivity index (χ3v) is 4.63. The zero-order chi connectivity index (χ0) is 25.2. The van der Waals surface area contributed by atoms with Crippen LogP contribution >= 0.6 is 0 Å². The molecule has 0 aliphatic heterocycles. The van der Waals surface area contributed by atoms with Crippen molar-refractivity contribution >= 4 is 35.6 Å². The topological polar surface area (TPSA) is 245 Å². The summed E-state index contributed by atoms with van der Waals surface area (Å²) < 4.78 is 0. The zero-order valence-corrected chi connectivity index (χ0v) is 17.9. The van der Waals surface area contributed by atoms with Crippen LogP contribution in [-0.4, -0.2) is 86.3 Å². The Morgan fingerprint density at radius 3 is 1.53 bits per heavy atom. The average molecular weight is 462 g/mol. The van der Waals surface area contributed by atoms with Crippen LogP contribution in [0.4, 0.5) is 0 Å². The van der Waals surface area contributed by atoms with Crippen molar-refractivity contribution in [1.29, 1.82) is 0 Å². The number of carbonyl (C=O) groups is 6. The minimum atomic E-state index is -1.82. The molecule has 0 aliphatic rings. The zero-order valence-electron chi connectivity index (χ0n) is 17.9. The van der Waals surface area contributed by atoms with Crippen molar-refractivity contribution in [1.82, 2.24) is 16.0 Å². The predicted octanol–water partition coefficient (Wildman–Crippen LogP) is -2.77. The van der Waals surface area contributed by atoms with Gasteiger partial charge in [-0.1, -0.05) is 20.3 Å². The smallest absolute Gasteiger partial charge is 0.328 e. The molecule has 182 valence electrons. The number of hydrogen-bond donors (Lipinski definition) is 8. The molecule has 3 amide bonds. The summed E-state index contributed by atoms with van der Waals surface area (Å²) in [6, 6.07) is -6.36. The van der Waals surface area contributed by atoms with Crippen LogP contribution in [0.3, 0.4) is 0 Å². The largest absolute Gasteiger partial charge is 0.481 e. The van der Waals surface area contributed by atoms with E-state index in [1.807, 2.05) is 10.6 Å². The number of nitrogens with one attached hydrogen (secondary N) is 3. The van der Waals surface area contributed by atoms with Crippen molar-refractivity contribution in [3.8, 4) is 0 Å². The lowest BCUT2D eigenvalue weighted by Crippen LogP contribution is -2.59. The Balaban J connectivity index is 5.58. The highest BCUT2D eigenvalue weighted by atomic mass is 16.4. The van der Waals surface area contributed by atoms with Gasteiger partial charge >= 0.3 is 17.9 Å². The fourth-order valence-electron chi connectivity index (χ4n) is 2.46. The van der Waals surface area contributed by atoms with E-state index in [2.05, 4.69) is 5.32 Å². The van der Waals surface area contributed by atoms with E-state index >= 15 is 0 Å². The summed E-state index contributed by atoms with van der Waals surface area (Å²) in [4.78, 5) is 70.5. The van der Waals surface area contributed by atoms with Gasteiger partial charge in [-0.25, -0.2) is 4.79 Å². The van der Waals surface area contributed by atoms with Crippen molar-refractivity contribution in [2.45, 2.75) is 70.3 Å². The van der Waals surface area contributed by atoms with E-state index in [0.29, 0.717) is 6.42 Å². The third-order valence-electron chi connectivity index (χ3n) is 4.63. The van der Waals surface area contributed by atoms with E-state index in [4.69, 9.17) is 21.1 Å². The van der Waals surface area contributed by atoms with E-state index < -0.39 is 78.7 Å². The van der Waals surface area contributed by atoms with E-state index in [1.54, 1.807) is 13.8 Å². The Labute approximate surface area is 183 Å². The normalized spacial score (nSPS) is 16.4. The Bertz CT molecular complexity index is 727. The van der Waals surface area contributed by atoms with Crippen LogP contribution in [0.2, 0.25) is 0 Å². The summed E-state index contributed by atoms with van der Waals surface area (Å²) in [5, 5.41) is 42.6. The molecule has 9 N–H and O–H groups in total. The average Bonchev–Trinajstić information content (AvgIpc) is 2.68. The number of carboxylic acid groups (broad SMARTS) is 3. The van der Waals surface area contributed by atoms with Gasteiger partial charge in [0.2, 0.25) is 17.7 Å². The van der Waals surface area contributed by atoms with Crippen molar-refractivity contribution in [3.63, 3.8) is 0 Å². The molecule has 14 heteroatoms. The molecule has 0 aromatic carbocycles. The Kier molecular flexibility index (Phi) is 11.9. The molecule has 32 heavy (non-hydrogen) atoms. The van der Waals surface area contributed by atoms with Gasteiger partial charge in [0.25, 0.3) is 0 Å². The van der Waals surface area contributed by atoms with Gasteiger partial charge in [-0.3, -0.25) is 24.0 Å². The first-order valence-corrected chi connectivity index (χ1v) is 9.72. The molecule has 6 unspecified atom stereocenters. The quantitative estimate of drug-likeness (QED) is 0.131. The summed E-state index contributed by atoms with van der Waals surface area (Å²) in [5.74, 6) is -8.16. The van der Waals surface area contributed by atoms with Crippen LogP contribution in [0.5, 0.6) is 0 Å². The summed E-state index contributed by atoms with van der Waals surface area (Å²) in [7, 11) is 0. The van der Waals surface area contributed by atoms with Crippen molar-refractivity contribution < 1.29 is 49.2 Å². The van der Waals surface area contributed by atoms with Gasteiger partial charge in [-0.2, -0.15) is 0 Å². The van der Waals surface area contributed by atoms with Crippen molar-refractivity contribution in [2.24, 2.45) is 11.7 Å². The molecular weight excluding hydrogens is 432 g/mol. The number of carboxylic acids is 3. The van der Waals surface area contributed by atoms with Crippen LogP contribution in [-0.2, 0) is 28.8 Å². The van der Waals surface area contributed by atoms with E-state index in [0.717, 1.165) is 6.92 Å². The fourth-order valence-corrected chi connectivity index (χ4v) is 2.46. The molecule has 0 aliphatic carbocycles. The second-order valence-corrected chi connectivity index (χ2v) is 7.29. The molecule has 0 saturated carbocycles. The molecular formula is C18H30N4O10. The number of aliphatic carboxylic acids is 3. The predicted molar refractivity (Wildman–Crippen MR) is 107 cm³/mol. The van der Waals surface area contributed by atoms with Gasteiger partial charge in [0, 0.05) is 0 Å². The number of aliphatic hydroxyl groups is 1. The lowest BCUT2D eigenvalue weighted by atomic mass is 9.99. The fraction of sp³-hybridized carbons (Fsp3) is 0.667. The lowest BCUT2D eigenvalue weighted by molar-refractivity contribution is -0.146. The molecule has 0 heterocycles. The van der Waals surface area contributed by atoms with Gasteiger partial charge < -0.3 is 42.1 Å². The van der Waals surface area contributed by atoms with Crippen LogP contribution in [0, 0.1) is 5.92 Å². The van der Waals surface area contributed by atoms with Crippen LogP contribution in [0.25, 0.3) is 0 Å². The van der Waals surface area contributed by atoms with Gasteiger partial charge in [0.15, 0.2) is 6.04 Å². The third kappa shape index (κ3) is 9.70. The Hall–Kier alpha value is -3.26. The molecule has 0 saturated heterocycles. The summed E-state index contributed by atoms with van der Waals surface area (Å²) in [5.41, 5.74) is 5.77. The van der Waals surface area contributed by atoms with E-state index in [1.165, 1.54) is 0 Å². The first kappa shape index (κ1) is 28.7. The van der Waals surface area contributed by atoms with E-state index in [-0.39, 0.29) is 5.92 Å². The maximum Gasteiger partial charge on any atom is 0.328 e. The highest BCUT2D eigenvalue weighted by Crippen LogP contribution is 2.07. The van der Waals surface area contributed by atoms with Crippen molar-refractivity contribution in [3.05, 3.63) is 0 Å². The molecule has 0 aromatic rings. The number of rotatable bonds is 14. The molecule has 0 fully saturated rings. The van der Waals surface area contributed by atoms with Gasteiger partial charge in [0.1, 0.15) is 12.1 Å². The number of nitrogens with two attached hydrogens (primary N) is 1. The van der Waals surface area contributed by atoms with Crippen LogP contribution in [0.1, 0.15) is 40.0 Å². The van der Waals surface area contributed by atoms with Gasteiger partial charge in [-0.05, 0) is 12.8 Å². The Morgan fingerprint density at radius 2 is 1.19 bits per heavy atom. The first-order valence-electron chi connectivity index (χ1n) is 9.72. The van der Waals surface area contributed by atoms with Crippen molar-refractivity contribution in [2.75, 3.05) is 0 Å². The molecule has 14 nitrogen and oxygen atoms in total. The van der Waals surface area contributed by atoms with Crippen LogP contribution in [0.15, 0.2) is 0 Å². The minimum absolute atomic E-state index is 0.289. The SMILES string of the molecule is CCC(C)C(N)C(=O)NC(CC(=O)O)C(=O)NC(CC(=O)O)C(=O)NC(C(=O)O)C(C)O. The second-order valence-electron chi connectivity index (χ2n) is 7.29.